The van der Waals surface area contributed by atoms with Crippen molar-refractivity contribution in [1.29, 1.82) is 0 Å². The summed E-state index contributed by atoms with van der Waals surface area (Å²) < 4.78 is 4.74. The topological polar surface area (TPSA) is 42.4 Å². The van der Waals surface area contributed by atoms with E-state index in [4.69, 9.17) is 4.74 Å². The highest BCUT2D eigenvalue weighted by molar-refractivity contribution is 5.90. The second-order valence-electron chi connectivity index (χ2n) is 4.92. The third-order valence-electron chi connectivity index (χ3n) is 3.51. The molecule has 1 saturated heterocycles. The molecule has 0 radical (unpaired) electrons. The third kappa shape index (κ3) is 3.00. The van der Waals surface area contributed by atoms with Crippen LogP contribution in [-0.2, 0) is 4.74 Å². The Morgan fingerprint density at radius 2 is 2.28 bits per heavy atom. The first kappa shape index (κ1) is 12.9. The van der Waals surface area contributed by atoms with E-state index in [2.05, 4.69) is 16.8 Å². The van der Waals surface area contributed by atoms with Gasteiger partial charge in [-0.05, 0) is 37.3 Å². The van der Waals surface area contributed by atoms with Crippen LogP contribution in [0.5, 0.6) is 0 Å². The molecule has 1 aliphatic heterocycles. The zero-order chi connectivity index (χ0) is 13.0. The summed E-state index contributed by atoms with van der Waals surface area (Å²) in [7, 11) is 1.40. The second-order valence-corrected chi connectivity index (χ2v) is 4.92. The third-order valence-corrected chi connectivity index (χ3v) is 3.51. The number of aromatic nitrogens is 1. The van der Waals surface area contributed by atoms with E-state index in [0.29, 0.717) is 5.56 Å². The first-order chi connectivity index (χ1) is 8.70. The quantitative estimate of drug-likeness (QED) is 0.754. The van der Waals surface area contributed by atoms with Crippen LogP contribution in [-0.4, -0.2) is 31.2 Å². The number of nitrogens with zero attached hydrogens (tertiary/aromatic N) is 2. The Morgan fingerprint density at radius 3 is 3.06 bits per heavy atom. The fourth-order valence-corrected chi connectivity index (χ4v) is 2.33. The van der Waals surface area contributed by atoms with Crippen LogP contribution in [0.4, 0.5) is 5.82 Å². The smallest absolute Gasteiger partial charge is 0.338 e. The average Bonchev–Trinajstić information content (AvgIpc) is 2.63. The fourth-order valence-electron chi connectivity index (χ4n) is 2.33. The van der Waals surface area contributed by atoms with E-state index in [1.54, 1.807) is 12.3 Å². The molecule has 0 saturated carbocycles. The Hall–Kier alpha value is -1.58. The molecule has 4 nitrogen and oxygen atoms in total. The van der Waals surface area contributed by atoms with Gasteiger partial charge in [0.05, 0.1) is 12.7 Å². The van der Waals surface area contributed by atoms with Crippen LogP contribution in [0.25, 0.3) is 0 Å². The zero-order valence-corrected chi connectivity index (χ0v) is 11.1. The summed E-state index contributed by atoms with van der Waals surface area (Å²) in [6, 6.07) is 3.51. The summed E-state index contributed by atoms with van der Waals surface area (Å²) in [4.78, 5) is 18.1. The summed E-state index contributed by atoms with van der Waals surface area (Å²) in [6.07, 6.45) is 5.32. The van der Waals surface area contributed by atoms with E-state index in [1.165, 1.54) is 26.4 Å². The maximum absolute atomic E-state index is 11.5. The standard InChI is InChI=1S/C14H20N2O2/c1-11-4-3-8-16(9-6-11)13-10-12(5-7-15-13)14(17)18-2/h5,7,10-11H,3-4,6,8-9H2,1-2H3. The van der Waals surface area contributed by atoms with Crippen molar-refractivity contribution in [3.05, 3.63) is 23.9 Å². The number of hydrogen-bond acceptors (Lipinski definition) is 4. The van der Waals surface area contributed by atoms with Crippen LogP contribution >= 0.6 is 0 Å². The van der Waals surface area contributed by atoms with Crippen molar-refractivity contribution in [2.75, 3.05) is 25.1 Å². The van der Waals surface area contributed by atoms with Gasteiger partial charge in [0.1, 0.15) is 5.82 Å². The molecule has 0 bridgehead atoms. The van der Waals surface area contributed by atoms with E-state index in [1.807, 2.05) is 6.07 Å². The molecule has 1 aromatic rings. The van der Waals surface area contributed by atoms with Crippen LogP contribution in [0.1, 0.15) is 36.5 Å². The van der Waals surface area contributed by atoms with Gasteiger partial charge >= 0.3 is 5.97 Å². The van der Waals surface area contributed by atoms with Crippen LogP contribution < -0.4 is 4.90 Å². The van der Waals surface area contributed by atoms with Gasteiger partial charge in [0.2, 0.25) is 0 Å². The van der Waals surface area contributed by atoms with Crippen LogP contribution in [0, 0.1) is 5.92 Å². The molecule has 0 amide bonds. The predicted molar refractivity (Wildman–Crippen MR) is 70.8 cm³/mol. The molecule has 1 aliphatic rings. The molecule has 0 aliphatic carbocycles. The minimum Gasteiger partial charge on any atom is -0.465 e. The van der Waals surface area contributed by atoms with Crippen molar-refractivity contribution < 1.29 is 9.53 Å². The van der Waals surface area contributed by atoms with E-state index in [0.717, 1.165) is 24.8 Å². The van der Waals surface area contributed by atoms with Crippen molar-refractivity contribution in [2.45, 2.75) is 26.2 Å². The number of anilines is 1. The van der Waals surface area contributed by atoms with Gasteiger partial charge in [-0.15, -0.1) is 0 Å². The van der Waals surface area contributed by atoms with Crippen molar-refractivity contribution in [3.63, 3.8) is 0 Å². The summed E-state index contributed by atoms with van der Waals surface area (Å²) >= 11 is 0. The first-order valence-corrected chi connectivity index (χ1v) is 6.50. The number of hydrogen-bond donors (Lipinski definition) is 0. The normalized spacial score (nSPS) is 20.3. The molecule has 98 valence electrons. The maximum Gasteiger partial charge on any atom is 0.338 e. The SMILES string of the molecule is COC(=O)c1ccnc(N2CCCC(C)CC2)c1. The molecule has 1 fully saturated rings. The lowest BCUT2D eigenvalue weighted by molar-refractivity contribution is 0.0600. The monoisotopic (exact) mass is 248 g/mol. The van der Waals surface area contributed by atoms with Crippen LogP contribution in [0.15, 0.2) is 18.3 Å². The Bertz CT molecular complexity index is 420. The van der Waals surface area contributed by atoms with Crippen LogP contribution in [0.3, 0.4) is 0 Å². The molecule has 1 unspecified atom stereocenters. The van der Waals surface area contributed by atoms with E-state index in [9.17, 15) is 4.79 Å². The lowest BCUT2D eigenvalue weighted by Gasteiger charge is -2.21. The first-order valence-electron chi connectivity index (χ1n) is 6.50. The van der Waals surface area contributed by atoms with Crippen molar-refractivity contribution in [2.24, 2.45) is 5.92 Å². The minimum absolute atomic E-state index is 0.304. The Kier molecular flexibility index (Phi) is 4.18. The van der Waals surface area contributed by atoms with E-state index >= 15 is 0 Å². The number of esters is 1. The molecule has 2 rings (SSSR count). The predicted octanol–water partition coefficient (Wildman–Crippen LogP) is 2.49. The lowest BCUT2D eigenvalue weighted by atomic mass is 10.0. The number of carbonyl (C=O) groups excluding carboxylic acids is 1. The van der Waals surface area contributed by atoms with E-state index < -0.39 is 0 Å². The molecule has 2 heterocycles. The van der Waals surface area contributed by atoms with Gasteiger partial charge in [-0.1, -0.05) is 6.92 Å². The van der Waals surface area contributed by atoms with Gasteiger partial charge in [0.15, 0.2) is 0 Å². The molecule has 0 spiro atoms. The summed E-state index contributed by atoms with van der Waals surface area (Å²) in [5, 5.41) is 0. The summed E-state index contributed by atoms with van der Waals surface area (Å²) in [6.45, 7) is 4.32. The Morgan fingerprint density at radius 1 is 1.44 bits per heavy atom. The summed E-state index contributed by atoms with van der Waals surface area (Å²) in [5.74, 6) is 1.35. The van der Waals surface area contributed by atoms with Gasteiger partial charge in [-0.2, -0.15) is 0 Å². The minimum atomic E-state index is -0.304. The summed E-state index contributed by atoms with van der Waals surface area (Å²) in [5.41, 5.74) is 0.569. The molecule has 4 heteroatoms. The van der Waals surface area contributed by atoms with Crippen molar-refractivity contribution in [3.8, 4) is 0 Å². The molecular weight excluding hydrogens is 228 g/mol. The highest BCUT2D eigenvalue weighted by Crippen LogP contribution is 2.21. The fraction of sp³-hybridized carbons (Fsp3) is 0.571. The molecule has 0 aromatic carbocycles. The van der Waals surface area contributed by atoms with Gasteiger partial charge in [-0.25, -0.2) is 9.78 Å². The molecule has 1 atom stereocenters. The zero-order valence-electron chi connectivity index (χ0n) is 11.1. The van der Waals surface area contributed by atoms with Crippen molar-refractivity contribution >= 4 is 11.8 Å². The number of methoxy groups -OCH3 is 1. The molecule has 0 N–H and O–H groups in total. The number of ether oxygens (including phenoxy) is 1. The van der Waals surface area contributed by atoms with Gasteiger partial charge in [0, 0.05) is 19.3 Å². The van der Waals surface area contributed by atoms with E-state index in [-0.39, 0.29) is 5.97 Å². The molecular formula is C14H20N2O2. The average molecular weight is 248 g/mol. The highest BCUT2D eigenvalue weighted by Gasteiger charge is 2.16. The largest absolute Gasteiger partial charge is 0.465 e. The van der Waals surface area contributed by atoms with Gasteiger partial charge in [0.25, 0.3) is 0 Å². The van der Waals surface area contributed by atoms with Crippen molar-refractivity contribution in [1.82, 2.24) is 4.98 Å². The lowest BCUT2D eigenvalue weighted by Crippen LogP contribution is -2.25. The maximum atomic E-state index is 11.5. The van der Waals surface area contributed by atoms with Gasteiger partial charge < -0.3 is 9.64 Å². The number of pyridine rings is 1. The molecule has 1 aromatic heterocycles. The van der Waals surface area contributed by atoms with Gasteiger partial charge in [-0.3, -0.25) is 0 Å². The highest BCUT2D eigenvalue weighted by atomic mass is 16.5. The number of rotatable bonds is 2. The molecule has 18 heavy (non-hydrogen) atoms. The van der Waals surface area contributed by atoms with Crippen LogP contribution in [0.2, 0.25) is 0 Å². The Labute approximate surface area is 108 Å². The number of carbonyl (C=O) groups is 1. The Balaban J connectivity index is 2.14. The second kappa shape index (κ2) is 5.85.